The van der Waals surface area contributed by atoms with E-state index in [1.807, 2.05) is 37.3 Å². The number of nitrogens with one attached hydrogen (secondary N) is 1. The number of rotatable bonds is 7. The second kappa shape index (κ2) is 10.5. The number of hydrogen-bond donors (Lipinski definition) is 1. The number of benzene rings is 3. The van der Waals surface area contributed by atoms with Gasteiger partial charge in [-0.15, -0.1) is 0 Å². The minimum absolute atomic E-state index is 0.0193. The summed E-state index contributed by atoms with van der Waals surface area (Å²) in [4.78, 5) is 12.4. The predicted octanol–water partition coefficient (Wildman–Crippen LogP) is 5.92. The van der Waals surface area contributed by atoms with Crippen LogP contribution in [0.4, 0.5) is 10.1 Å². The highest BCUT2D eigenvalue weighted by Gasteiger charge is 2.15. The van der Waals surface area contributed by atoms with E-state index in [2.05, 4.69) is 5.32 Å². The van der Waals surface area contributed by atoms with Crippen molar-refractivity contribution in [3.8, 4) is 17.6 Å². The Balaban J connectivity index is 1.83. The lowest BCUT2D eigenvalue weighted by Gasteiger charge is -2.14. The molecule has 0 aromatic heterocycles. The van der Waals surface area contributed by atoms with Gasteiger partial charge in [0.2, 0.25) is 0 Å². The third-order valence-corrected chi connectivity index (χ3v) is 4.80. The van der Waals surface area contributed by atoms with Crippen molar-refractivity contribution >= 4 is 29.3 Å². The zero-order valence-corrected chi connectivity index (χ0v) is 18.2. The maximum Gasteiger partial charge on any atom is 0.266 e. The molecule has 5 nitrogen and oxygen atoms in total. The summed E-state index contributed by atoms with van der Waals surface area (Å²) in [6, 6.07) is 18.6. The lowest BCUT2D eigenvalue weighted by molar-refractivity contribution is -0.112. The van der Waals surface area contributed by atoms with E-state index in [9.17, 15) is 14.4 Å². The molecule has 0 radical (unpaired) electrons. The van der Waals surface area contributed by atoms with Gasteiger partial charge in [-0.3, -0.25) is 4.79 Å². The van der Waals surface area contributed by atoms with Crippen molar-refractivity contribution in [2.75, 3.05) is 12.4 Å². The van der Waals surface area contributed by atoms with Crippen molar-refractivity contribution in [1.29, 1.82) is 5.26 Å². The van der Waals surface area contributed by atoms with E-state index in [0.717, 1.165) is 11.1 Å². The molecule has 0 aliphatic rings. The van der Waals surface area contributed by atoms with Gasteiger partial charge in [0, 0.05) is 0 Å². The first-order chi connectivity index (χ1) is 15.4. The van der Waals surface area contributed by atoms with Crippen molar-refractivity contribution in [2.45, 2.75) is 13.5 Å². The first-order valence-corrected chi connectivity index (χ1v) is 10.0. The Bertz CT molecular complexity index is 1220. The molecule has 1 amide bonds. The number of methoxy groups -OCH3 is 1. The summed E-state index contributed by atoms with van der Waals surface area (Å²) in [6.07, 6.45) is 1.34. The molecule has 0 atom stereocenters. The number of anilines is 1. The molecule has 0 fully saturated rings. The number of amides is 1. The average Bonchev–Trinajstić information content (AvgIpc) is 2.77. The molecular formula is C25H20ClFN2O3. The number of para-hydroxylation sites is 1. The summed E-state index contributed by atoms with van der Waals surface area (Å²) in [5.41, 5.74) is 2.30. The Morgan fingerprint density at radius 3 is 2.66 bits per heavy atom. The maximum atomic E-state index is 13.8. The highest BCUT2D eigenvalue weighted by atomic mass is 35.5. The van der Waals surface area contributed by atoms with Crippen LogP contribution in [0.1, 0.15) is 16.7 Å². The van der Waals surface area contributed by atoms with Crippen LogP contribution in [0.25, 0.3) is 6.08 Å². The summed E-state index contributed by atoms with van der Waals surface area (Å²) in [6.45, 7) is 2.29. The van der Waals surface area contributed by atoms with E-state index in [4.69, 9.17) is 21.1 Å². The first kappa shape index (κ1) is 22.9. The first-order valence-electron chi connectivity index (χ1n) is 9.65. The topological polar surface area (TPSA) is 71.3 Å². The Morgan fingerprint density at radius 1 is 1.19 bits per heavy atom. The second-order valence-electron chi connectivity index (χ2n) is 6.92. The van der Waals surface area contributed by atoms with Crippen LogP contribution in [0.2, 0.25) is 5.02 Å². The van der Waals surface area contributed by atoms with Gasteiger partial charge in [0.15, 0.2) is 11.5 Å². The predicted molar refractivity (Wildman–Crippen MR) is 122 cm³/mol. The molecule has 3 aromatic carbocycles. The number of hydrogen-bond acceptors (Lipinski definition) is 4. The van der Waals surface area contributed by atoms with Gasteiger partial charge >= 0.3 is 0 Å². The molecule has 32 heavy (non-hydrogen) atoms. The van der Waals surface area contributed by atoms with Crippen LogP contribution in [0.5, 0.6) is 11.5 Å². The number of nitriles is 1. The van der Waals surface area contributed by atoms with E-state index in [-0.39, 0.29) is 16.3 Å². The van der Waals surface area contributed by atoms with Gasteiger partial charge in [-0.25, -0.2) is 4.39 Å². The normalized spacial score (nSPS) is 10.9. The quantitative estimate of drug-likeness (QED) is 0.358. The summed E-state index contributed by atoms with van der Waals surface area (Å²) in [7, 11) is 1.47. The van der Waals surface area contributed by atoms with Crippen molar-refractivity contribution in [1.82, 2.24) is 0 Å². The minimum atomic E-state index is -0.743. The van der Waals surface area contributed by atoms with Gasteiger partial charge in [0.1, 0.15) is 24.1 Å². The minimum Gasteiger partial charge on any atom is -0.493 e. The van der Waals surface area contributed by atoms with Crippen molar-refractivity contribution < 1.29 is 18.7 Å². The SMILES string of the molecule is COc1cc(/C=C(/C#N)C(=O)Nc2ccccc2F)cc(Cl)c1OCc1cccc(C)c1. The summed E-state index contributed by atoms with van der Waals surface area (Å²) in [5, 5.41) is 12.1. The lowest BCUT2D eigenvalue weighted by atomic mass is 10.1. The van der Waals surface area contributed by atoms with E-state index < -0.39 is 11.7 Å². The number of carbonyl (C=O) groups excluding carboxylic acids is 1. The molecule has 0 heterocycles. The Hall–Kier alpha value is -3.82. The van der Waals surface area contributed by atoms with Crippen molar-refractivity contribution in [3.63, 3.8) is 0 Å². The molecule has 1 N–H and O–H groups in total. The van der Waals surface area contributed by atoms with Crippen LogP contribution in [0.15, 0.2) is 66.2 Å². The van der Waals surface area contributed by atoms with Gasteiger partial charge in [0.05, 0.1) is 17.8 Å². The van der Waals surface area contributed by atoms with Gasteiger partial charge < -0.3 is 14.8 Å². The zero-order valence-electron chi connectivity index (χ0n) is 17.5. The van der Waals surface area contributed by atoms with E-state index in [0.29, 0.717) is 23.7 Å². The molecule has 162 valence electrons. The van der Waals surface area contributed by atoms with Crippen molar-refractivity contribution in [2.24, 2.45) is 0 Å². The smallest absolute Gasteiger partial charge is 0.266 e. The molecule has 3 aromatic rings. The van der Waals surface area contributed by atoms with Crippen LogP contribution in [0, 0.1) is 24.1 Å². The fourth-order valence-electron chi connectivity index (χ4n) is 2.99. The molecule has 0 unspecified atom stereocenters. The summed E-state index contributed by atoms with van der Waals surface area (Å²) in [5.74, 6) is -0.643. The average molecular weight is 451 g/mol. The number of aryl methyl sites for hydroxylation is 1. The van der Waals surface area contributed by atoms with E-state index >= 15 is 0 Å². The molecule has 0 saturated heterocycles. The molecule has 7 heteroatoms. The molecular weight excluding hydrogens is 431 g/mol. The number of nitrogens with zero attached hydrogens (tertiary/aromatic N) is 1. The molecule has 0 aliphatic carbocycles. The Morgan fingerprint density at radius 2 is 1.97 bits per heavy atom. The lowest BCUT2D eigenvalue weighted by Crippen LogP contribution is -2.14. The third-order valence-electron chi connectivity index (χ3n) is 4.52. The fourth-order valence-corrected chi connectivity index (χ4v) is 3.26. The van der Waals surface area contributed by atoms with Crippen LogP contribution < -0.4 is 14.8 Å². The molecule has 0 aliphatic heterocycles. The highest BCUT2D eigenvalue weighted by molar-refractivity contribution is 6.32. The maximum absolute atomic E-state index is 13.8. The van der Waals surface area contributed by atoms with Crippen LogP contribution >= 0.6 is 11.6 Å². The molecule has 0 saturated carbocycles. The largest absolute Gasteiger partial charge is 0.493 e. The monoisotopic (exact) mass is 450 g/mol. The van der Waals surface area contributed by atoms with Crippen LogP contribution in [-0.4, -0.2) is 13.0 Å². The highest BCUT2D eigenvalue weighted by Crippen LogP contribution is 2.37. The Labute approximate surface area is 190 Å². The number of halogens is 2. The van der Waals surface area contributed by atoms with Crippen LogP contribution in [-0.2, 0) is 11.4 Å². The molecule has 3 rings (SSSR count). The molecule has 0 bridgehead atoms. The summed E-state index contributed by atoms with van der Waals surface area (Å²) < 4.78 is 25.0. The fraction of sp³-hybridized carbons (Fsp3) is 0.120. The number of carbonyl (C=O) groups is 1. The standard InChI is InChI=1S/C25H20ClFN2O3/c1-16-6-5-7-17(10-16)15-32-24-20(26)12-18(13-23(24)31-2)11-19(14-28)25(30)29-22-9-4-3-8-21(22)27/h3-13H,15H2,1-2H3,(H,29,30)/b19-11-. The third kappa shape index (κ3) is 5.65. The van der Waals surface area contributed by atoms with Crippen LogP contribution in [0.3, 0.4) is 0 Å². The van der Waals surface area contributed by atoms with Gasteiger partial charge in [0.25, 0.3) is 5.91 Å². The zero-order chi connectivity index (χ0) is 23.1. The summed E-state index contributed by atoms with van der Waals surface area (Å²) >= 11 is 6.40. The van der Waals surface area contributed by atoms with E-state index in [1.54, 1.807) is 18.2 Å². The van der Waals surface area contributed by atoms with E-state index in [1.165, 1.54) is 31.4 Å². The van der Waals surface area contributed by atoms with Gasteiger partial charge in [-0.05, 0) is 48.4 Å². The molecule has 0 spiro atoms. The second-order valence-corrected chi connectivity index (χ2v) is 7.32. The van der Waals surface area contributed by atoms with Crippen molar-refractivity contribution in [3.05, 3.63) is 93.8 Å². The van der Waals surface area contributed by atoms with Gasteiger partial charge in [-0.2, -0.15) is 5.26 Å². The number of ether oxygens (including phenoxy) is 2. The Kier molecular flexibility index (Phi) is 7.48. The van der Waals surface area contributed by atoms with Gasteiger partial charge in [-0.1, -0.05) is 53.6 Å².